The summed E-state index contributed by atoms with van der Waals surface area (Å²) in [5.74, 6) is -0.0951. The number of benzene rings is 2. The molecule has 2 N–H and O–H groups in total. The van der Waals surface area contributed by atoms with Crippen LogP contribution in [0.5, 0.6) is 17.2 Å². The van der Waals surface area contributed by atoms with E-state index in [1.807, 2.05) is 27.2 Å². The Morgan fingerprint density at radius 2 is 1.42 bits per heavy atom. The molecular formula is C24H28INO5. The minimum absolute atomic E-state index is 0. The number of halogens is 1. The average molecular weight is 537 g/mol. The second-order valence-corrected chi connectivity index (χ2v) is 8.04. The maximum Gasteiger partial charge on any atom is 0.163 e. The fraction of sp³-hybridized carbons (Fsp3) is 0.250. The Bertz CT molecular complexity index is 990. The van der Waals surface area contributed by atoms with Crippen LogP contribution in [0.1, 0.15) is 23.1 Å². The second-order valence-electron chi connectivity index (χ2n) is 8.04. The number of hydrogen-bond donors (Lipinski definition) is 2. The molecule has 0 saturated carbocycles. The van der Waals surface area contributed by atoms with Crippen molar-refractivity contribution in [2.45, 2.75) is 13.0 Å². The molecule has 0 aliphatic rings. The number of phenolic OH excluding ortho intramolecular Hbond substituents is 2. The zero-order chi connectivity index (χ0) is 22.3. The first-order valence-electron chi connectivity index (χ1n) is 9.48. The largest absolute Gasteiger partial charge is 1.00 e. The molecular weight excluding hydrogens is 509 g/mol. The number of quaternary nitrogens is 1. The lowest BCUT2D eigenvalue weighted by atomic mass is 10.1. The molecule has 0 bridgehead atoms. The maximum absolute atomic E-state index is 12.1. The summed E-state index contributed by atoms with van der Waals surface area (Å²) in [5, 5.41) is 19.6. The number of phenols is 2. The summed E-state index contributed by atoms with van der Waals surface area (Å²) in [5.41, 5.74) is 2.25. The van der Waals surface area contributed by atoms with Crippen LogP contribution in [0.4, 0.5) is 0 Å². The van der Waals surface area contributed by atoms with E-state index in [1.54, 1.807) is 36.4 Å². The predicted octanol–water partition coefficient (Wildman–Crippen LogP) is 0.571. The molecule has 0 spiro atoms. The van der Waals surface area contributed by atoms with Crippen molar-refractivity contribution in [3.05, 3.63) is 65.2 Å². The van der Waals surface area contributed by atoms with Crippen LogP contribution in [-0.2, 0) is 16.1 Å². The molecule has 0 saturated heterocycles. The van der Waals surface area contributed by atoms with E-state index >= 15 is 0 Å². The molecule has 0 heterocycles. The number of aromatic hydroxyl groups is 2. The number of rotatable bonds is 9. The van der Waals surface area contributed by atoms with Crippen molar-refractivity contribution in [3.8, 4) is 17.2 Å². The van der Waals surface area contributed by atoms with Crippen molar-refractivity contribution in [2.24, 2.45) is 0 Å². The molecule has 6 nitrogen and oxygen atoms in total. The van der Waals surface area contributed by atoms with Crippen molar-refractivity contribution >= 4 is 23.7 Å². The number of carbonyl (C=O) groups is 2. The summed E-state index contributed by atoms with van der Waals surface area (Å²) < 4.78 is 5.68. The highest BCUT2D eigenvalue weighted by Gasteiger charge is 2.12. The molecule has 0 amide bonds. The summed E-state index contributed by atoms with van der Waals surface area (Å²) in [7, 11) is 7.52. The van der Waals surface area contributed by atoms with Crippen molar-refractivity contribution in [1.29, 1.82) is 0 Å². The van der Waals surface area contributed by atoms with Gasteiger partial charge in [0.2, 0.25) is 0 Å². The van der Waals surface area contributed by atoms with E-state index < -0.39 is 0 Å². The standard InChI is InChI=1S/C24H27NO5.HI/c1-25(2,3)16-19-13-17(7-11-22(19)28)5-9-20(26)15-21(27)10-6-18-8-12-23(29)24(14-18)30-4;/h5-14H,15-16H2,1-4H3,(H-,26,27,28,29);1H. The first-order valence-corrected chi connectivity index (χ1v) is 9.48. The van der Waals surface area contributed by atoms with Crippen molar-refractivity contribution < 1.29 is 53.0 Å². The minimum atomic E-state index is -0.326. The van der Waals surface area contributed by atoms with Crippen molar-refractivity contribution in [3.63, 3.8) is 0 Å². The quantitative estimate of drug-likeness (QED) is 0.212. The molecule has 0 atom stereocenters. The van der Waals surface area contributed by atoms with Gasteiger partial charge in [-0.2, -0.15) is 0 Å². The van der Waals surface area contributed by atoms with E-state index in [0.717, 1.165) is 11.1 Å². The monoisotopic (exact) mass is 537 g/mol. The van der Waals surface area contributed by atoms with Crippen LogP contribution in [0.15, 0.2) is 48.6 Å². The van der Waals surface area contributed by atoms with Crippen LogP contribution < -0.4 is 28.7 Å². The predicted molar refractivity (Wildman–Crippen MR) is 117 cm³/mol. The third kappa shape index (κ3) is 8.94. The van der Waals surface area contributed by atoms with Gasteiger partial charge in [0.15, 0.2) is 23.1 Å². The van der Waals surface area contributed by atoms with E-state index in [0.29, 0.717) is 22.3 Å². The summed E-state index contributed by atoms with van der Waals surface area (Å²) >= 11 is 0. The third-order valence-corrected chi connectivity index (χ3v) is 4.22. The number of hydrogen-bond acceptors (Lipinski definition) is 5. The van der Waals surface area contributed by atoms with Crippen LogP contribution in [0.3, 0.4) is 0 Å². The number of ether oxygens (including phenoxy) is 1. The smallest absolute Gasteiger partial charge is 0.163 e. The third-order valence-electron chi connectivity index (χ3n) is 4.22. The first-order chi connectivity index (χ1) is 14.1. The second kappa shape index (κ2) is 11.7. The van der Waals surface area contributed by atoms with Gasteiger partial charge in [0.1, 0.15) is 12.3 Å². The highest BCUT2D eigenvalue weighted by atomic mass is 127. The molecule has 7 heteroatoms. The van der Waals surface area contributed by atoms with Crippen LogP contribution >= 0.6 is 0 Å². The number of nitrogens with zero attached hydrogens (tertiary/aromatic N) is 1. The lowest BCUT2D eigenvalue weighted by molar-refractivity contribution is -0.884. The van der Waals surface area contributed by atoms with E-state index in [4.69, 9.17) is 4.74 Å². The summed E-state index contributed by atoms with van der Waals surface area (Å²) in [6.45, 7) is 0.646. The molecule has 166 valence electrons. The van der Waals surface area contributed by atoms with Gasteiger partial charge < -0.3 is 43.4 Å². The number of carbonyl (C=O) groups excluding carboxylic acids is 2. The van der Waals surface area contributed by atoms with Gasteiger partial charge in [-0.25, -0.2) is 0 Å². The highest BCUT2D eigenvalue weighted by molar-refractivity contribution is 6.10. The van der Waals surface area contributed by atoms with E-state index in [-0.39, 0.29) is 53.5 Å². The summed E-state index contributed by atoms with van der Waals surface area (Å²) in [6.07, 6.45) is 5.67. The van der Waals surface area contributed by atoms with Gasteiger partial charge in [-0.1, -0.05) is 24.3 Å². The maximum atomic E-state index is 12.1. The molecule has 0 unspecified atom stereocenters. The number of methoxy groups -OCH3 is 1. The molecule has 0 aromatic heterocycles. The first kappa shape index (κ1) is 26.4. The summed E-state index contributed by atoms with van der Waals surface area (Å²) in [6, 6.07) is 9.87. The Hall–Kier alpha value is -2.65. The van der Waals surface area contributed by atoms with Crippen LogP contribution in [0.2, 0.25) is 0 Å². The van der Waals surface area contributed by atoms with Gasteiger partial charge in [-0.3, -0.25) is 9.59 Å². The molecule has 2 aromatic carbocycles. The fourth-order valence-corrected chi connectivity index (χ4v) is 2.81. The van der Waals surface area contributed by atoms with Gasteiger partial charge in [-0.05, 0) is 47.5 Å². The molecule has 2 rings (SSSR count). The molecule has 0 fully saturated rings. The van der Waals surface area contributed by atoms with Gasteiger partial charge in [0.25, 0.3) is 0 Å². The molecule has 0 aliphatic heterocycles. The minimum Gasteiger partial charge on any atom is -1.00 e. The Balaban J connectivity index is 0.00000480. The Morgan fingerprint density at radius 3 is 1.94 bits per heavy atom. The molecule has 31 heavy (non-hydrogen) atoms. The Kier molecular flexibility index (Phi) is 9.93. The van der Waals surface area contributed by atoms with Crippen LogP contribution in [0.25, 0.3) is 12.2 Å². The fourth-order valence-electron chi connectivity index (χ4n) is 2.81. The van der Waals surface area contributed by atoms with Gasteiger partial charge >= 0.3 is 0 Å². The zero-order valence-corrected chi connectivity index (χ0v) is 20.3. The average Bonchev–Trinajstić information content (AvgIpc) is 2.67. The normalized spacial score (nSPS) is 11.5. The van der Waals surface area contributed by atoms with Gasteiger partial charge in [0.05, 0.1) is 34.7 Å². The Labute approximate surface area is 200 Å². The van der Waals surface area contributed by atoms with Crippen molar-refractivity contribution in [1.82, 2.24) is 0 Å². The topological polar surface area (TPSA) is 83.8 Å². The van der Waals surface area contributed by atoms with E-state index in [9.17, 15) is 19.8 Å². The van der Waals surface area contributed by atoms with Crippen LogP contribution in [-0.4, -0.2) is 54.5 Å². The van der Waals surface area contributed by atoms with E-state index in [2.05, 4.69) is 0 Å². The zero-order valence-electron chi connectivity index (χ0n) is 18.1. The van der Waals surface area contributed by atoms with Crippen molar-refractivity contribution in [2.75, 3.05) is 28.3 Å². The number of ketones is 2. The van der Waals surface area contributed by atoms with E-state index in [1.165, 1.54) is 25.3 Å². The summed E-state index contributed by atoms with van der Waals surface area (Å²) in [4.78, 5) is 24.2. The van der Waals surface area contributed by atoms with Crippen LogP contribution in [0, 0.1) is 0 Å². The Morgan fingerprint density at radius 1 is 0.903 bits per heavy atom. The lowest BCUT2D eigenvalue weighted by Crippen LogP contribution is -3.00. The van der Waals surface area contributed by atoms with Gasteiger partial charge in [-0.15, -0.1) is 0 Å². The SMILES string of the molecule is COc1cc(/C=C/C(=O)CC(=O)/C=C/c2ccc(O)c(C[N+](C)(C)C)c2)ccc1O.[I-]. The number of allylic oxidation sites excluding steroid dienone is 2. The molecule has 2 aromatic rings. The molecule has 0 radical (unpaired) electrons. The lowest BCUT2D eigenvalue weighted by Gasteiger charge is -2.24. The van der Waals surface area contributed by atoms with Gasteiger partial charge in [0, 0.05) is 5.56 Å². The molecule has 0 aliphatic carbocycles. The highest BCUT2D eigenvalue weighted by Crippen LogP contribution is 2.26.